The number of nitrogens with one attached hydrogen (secondary N) is 2. The summed E-state index contributed by atoms with van der Waals surface area (Å²) in [5, 5.41) is 9.90. The van der Waals surface area contributed by atoms with E-state index in [4.69, 9.17) is 4.74 Å². The van der Waals surface area contributed by atoms with E-state index in [1.54, 1.807) is 25.3 Å². The van der Waals surface area contributed by atoms with Crippen LogP contribution in [-0.4, -0.2) is 28.8 Å². The molecule has 0 bridgehead atoms. The van der Waals surface area contributed by atoms with Crippen molar-refractivity contribution in [3.63, 3.8) is 0 Å². The predicted molar refractivity (Wildman–Crippen MR) is 99.8 cm³/mol. The summed E-state index contributed by atoms with van der Waals surface area (Å²) in [4.78, 5) is 12.3. The molecule has 27 heavy (non-hydrogen) atoms. The standard InChI is InChI=1S/C19H24F2N4O2/c1-12-7-8-14(9-17(12)27-11-18(20)21)23-19(26)24-16-10-22-25(13(16)2)15-5-3-4-6-15/h7-10,15,18H,3-6,11H2,1-2H3,(H2,23,24,26). The van der Waals surface area contributed by atoms with Gasteiger partial charge in [-0.05, 0) is 38.3 Å². The number of aromatic nitrogens is 2. The number of benzene rings is 1. The van der Waals surface area contributed by atoms with Gasteiger partial charge in [0, 0.05) is 11.8 Å². The van der Waals surface area contributed by atoms with E-state index in [1.165, 1.54) is 18.9 Å². The zero-order chi connectivity index (χ0) is 19.4. The molecule has 1 aliphatic carbocycles. The van der Waals surface area contributed by atoms with Gasteiger partial charge >= 0.3 is 6.03 Å². The molecule has 3 rings (SSSR count). The van der Waals surface area contributed by atoms with E-state index >= 15 is 0 Å². The van der Waals surface area contributed by atoms with Crippen LogP contribution in [0.1, 0.15) is 43.0 Å². The van der Waals surface area contributed by atoms with Crippen molar-refractivity contribution in [2.24, 2.45) is 0 Å². The lowest BCUT2D eigenvalue weighted by atomic mass is 10.2. The number of ether oxygens (including phenoxy) is 1. The van der Waals surface area contributed by atoms with Crippen LogP contribution in [0, 0.1) is 13.8 Å². The van der Waals surface area contributed by atoms with Crippen LogP contribution in [-0.2, 0) is 0 Å². The van der Waals surface area contributed by atoms with Gasteiger partial charge in [0.25, 0.3) is 6.43 Å². The van der Waals surface area contributed by atoms with Crippen LogP contribution in [0.15, 0.2) is 24.4 Å². The lowest BCUT2D eigenvalue weighted by molar-refractivity contribution is 0.0816. The molecule has 0 unspecified atom stereocenters. The van der Waals surface area contributed by atoms with Gasteiger partial charge < -0.3 is 15.4 Å². The zero-order valence-corrected chi connectivity index (χ0v) is 15.5. The Hall–Kier alpha value is -2.64. The molecular weight excluding hydrogens is 354 g/mol. The fourth-order valence-electron chi connectivity index (χ4n) is 3.33. The molecule has 0 saturated heterocycles. The minimum Gasteiger partial charge on any atom is -0.487 e. The summed E-state index contributed by atoms with van der Waals surface area (Å²) >= 11 is 0. The van der Waals surface area contributed by atoms with Crippen molar-refractivity contribution in [1.29, 1.82) is 0 Å². The van der Waals surface area contributed by atoms with E-state index < -0.39 is 19.1 Å². The number of halogens is 2. The second-order valence-electron chi connectivity index (χ2n) is 6.79. The molecule has 0 aliphatic heterocycles. The van der Waals surface area contributed by atoms with Gasteiger partial charge in [0.1, 0.15) is 12.4 Å². The monoisotopic (exact) mass is 378 g/mol. The summed E-state index contributed by atoms with van der Waals surface area (Å²) in [5.41, 5.74) is 2.75. The molecule has 8 heteroatoms. The average Bonchev–Trinajstić information content (AvgIpc) is 3.26. The van der Waals surface area contributed by atoms with E-state index in [1.807, 2.05) is 11.6 Å². The van der Waals surface area contributed by atoms with Crippen LogP contribution in [0.4, 0.5) is 25.0 Å². The molecule has 2 aromatic rings. The van der Waals surface area contributed by atoms with Gasteiger partial charge in [-0.25, -0.2) is 13.6 Å². The topological polar surface area (TPSA) is 68.2 Å². The Balaban J connectivity index is 1.63. The van der Waals surface area contributed by atoms with Crippen LogP contribution in [0.25, 0.3) is 0 Å². The first-order chi connectivity index (χ1) is 12.9. The summed E-state index contributed by atoms with van der Waals surface area (Å²) in [6, 6.07) is 4.91. The van der Waals surface area contributed by atoms with E-state index in [2.05, 4.69) is 15.7 Å². The quantitative estimate of drug-likeness (QED) is 0.751. The highest BCUT2D eigenvalue weighted by atomic mass is 19.3. The van der Waals surface area contributed by atoms with E-state index in [-0.39, 0.29) is 0 Å². The number of nitrogens with zero attached hydrogens (tertiary/aromatic N) is 2. The third kappa shape index (κ3) is 4.75. The highest BCUT2D eigenvalue weighted by Crippen LogP contribution is 2.31. The third-order valence-electron chi connectivity index (χ3n) is 4.77. The molecule has 146 valence electrons. The second-order valence-corrected chi connectivity index (χ2v) is 6.79. The Kier molecular flexibility index (Phi) is 5.93. The largest absolute Gasteiger partial charge is 0.487 e. The molecule has 6 nitrogen and oxygen atoms in total. The first-order valence-corrected chi connectivity index (χ1v) is 9.07. The first-order valence-electron chi connectivity index (χ1n) is 9.07. The lowest BCUT2D eigenvalue weighted by Gasteiger charge is -2.13. The molecule has 1 aliphatic rings. The summed E-state index contributed by atoms with van der Waals surface area (Å²) in [5.74, 6) is 0.318. The van der Waals surface area contributed by atoms with Crippen molar-refractivity contribution in [3.8, 4) is 5.75 Å². The molecule has 2 N–H and O–H groups in total. The predicted octanol–water partition coefficient (Wildman–Crippen LogP) is 4.90. The first kappa shape index (κ1) is 19.1. The lowest BCUT2D eigenvalue weighted by Crippen LogP contribution is -2.20. The molecule has 0 radical (unpaired) electrons. The number of alkyl halides is 2. The molecule has 1 heterocycles. The molecule has 2 amide bonds. The average molecular weight is 378 g/mol. The SMILES string of the molecule is Cc1ccc(NC(=O)Nc2cnn(C3CCCC3)c2C)cc1OCC(F)F. The number of aryl methyl sites for hydroxylation is 1. The van der Waals surface area contributed by atoms with Gasteiger partial charge in [0.05, 0.1) is 23.6 Å². The van der Waals surface area contributed by atoms with Crippen LogP contribution in [0.5, 0.6) is 5.75 Å². The molecular formula is C19H24F2N4O2. The molecule has 1 aromatic carbocycles. The van der Waals surface area contributed by atoms with Gasteiger partial charge in [0.15, 0.2) is 0 Å². The van der Waals surface area contributed by atoms with E-state index in [0.29, 0.717) is 23.2 Å². The van der Waals surface area contributed by atoms with Gasteiger partial charge in [-0.3, -0.25) is 4.68 Å². The minimum atomic E-state index is -2.55. The normalized spacial score (nSPS) is 14.6. The van der Waals surface area contributed by atoms with Crippen molar-refractivity contribution in [3.05, 3.63) is 35.7 Å². The fraction of sp³-hybridized carbons (Fsp3) is 0.474. The Bertz CT molecular complexity index is 801. The van der Waals surface area contributed by atoms with Gasteiger partial charge in [-0.2, -0.15) is 5.10 Å². The minimum absolute atomic E-state index is 0.318. The summed E-state index contributed by atoms with van der Waals surface area (Å²) in [7, 11) is 0. The highest BCUT2D eigenvalue weighted by molar-refractivity contribution is 6.00. The third-order valence-corrected chi connectivity index (χ3v) is 4.77. The smallest absolute Gasteiger partial charge is 0.323 e. The van der Waals surface area contributed by atoms with Gasteiger partial charge in [-0.15, -0.1) is 0 Å². The fourth-order valence-corrected chi connectivity index (χ4v) is 3.33. The number of rotatable bonds is 6. The maximum atomic E-state index is 12.3. The van der Waals surface area contributed by atoms with Crippen molar-refractivity contribution in [1.82, 2.24) is 9.78 Å². The highest BCUT2D eigenvalue weighted by Gasteiger charge is 2.21. The van der Waals surface area contributed by atoms with Crippen LogP contribution < -0.4 is 15.4 Å². The number of hydrogen-bond acceptors (Lipinski definition) is 3. The number of urea groups is 1. The number of amides is 2. The molecule has 0 spiro atoms. The summed E-state index contributed by atoms with van der Waals surface area (Å²) in [6.45, 7) is 3.00. The van der Waals surface area contributed by atoms with Crippen LogP contribution >= 0.6 is 0 Å². The Morgan fingerprint density at radius 3 is 2.74 bits per heavy atom. The number of hydrogen-bond donors (Lipinski definition) is 2. The van der Waals surface area contributed by atoms with Gasteiger partial charge in [-0.1, -0.05) is 18.9 Å². The Labute approximate surface area is 156 Å². The number of anilines is 2. The zero-order valence-electron chi connectivity index (χ0n) is 15.5. The number of carbonyl (C=O) groups is 1. The summed E-state index contributed by atoms with van der Waals surface area (Å²) in [6.07, 6.45) is 3.73. The van der Waals surface area contributed by atoms with Crippen LogP contribution in [0.2, 0.25) is 0 Å². The Morgan fingerprint density at radius 1 is 1.30 bits per heavy atom. The second kappa shape index (κ2) is 8.37. The summed E-state index contributed by atoms with van der Waals surface area (Å²) < 4.78 is 31.7. The van der Waals surface area contributed by atoms with Crippen molar-refractivity contribution < 1.29 is 18.3 Å². The van der Waals surface area contributed by atoms with Crippen LogP contribution in [0.3, 0.4) is 0 Å². The van der Waals surface area contributed by atoms with E-state index in [9.17, 15) is 13.6 Å². The molecule has 0 atom stereocenters. The maximum Gasteiger partial charge on any atom is 0.323 e. The number of carbonyl (C=O) groups excluding carboxylic acids is 1. The molecule has 1 fully saturated rings. The maximum absolute atomic E-state index is 12.3. The Morgan fingerprint density at radius 2 is 2.04 bits per heavy atom. The van der Waals surface area contributed by atoms with Gasteiger partial charge in [0.2, 0.25) is 0 Å². The molecule has 1 saturated carbocycles. The van der Waals surface area contributed by atoms with E-state index in [0.717, 1.165) is 24.1 Å². The van der Waals surface area contributed by atoms with Crippen molar-refractivity contribution >= 4 is 17.4 Å². The van der Waals surface area contributed by atoms with Crippen molar-refractivity contribution in [2.75, 3.05) is 17.2 Å². The van der Waals surface area contributed by atoms with Crippen molar-refractivity contribution in [2.45, 2.75) is 52.0 Å². The molecule has 1 aromatic heterocycles.